The first-order chi connectivity index (χ1) is 18.5. The minimum absolute atomic E-state index is 0. The molecule has 0 unspecified atom stereocenters. The number of halogens is 1. The van der Waals surface area contributed by atoms with E-state index in [-0.39, 0.29) is 30.6 Å². The molecule has 1 heterocycles. The Hall–Kier alpha value is -4.64. The summed E-state index contributed by atoms with van der Waals surface area (Å²) in [5, 5.41) is 7.54. The number of nitrogens with zero attached hydrogens (tertiary/aromatic N) is 2. The first-order valence-corrected chi connectivity index (χ1v) is 12.6. The Bertz CT molecular complexity index is 1480. The molecule has 0 saturated heterocycles. The summed E-state index contributed by atoms with van der Waals surface area (Å²) in [6.45, 7) is 0. The predicted molar refractivity (Wildman–Crippen MR) is 159 cm³/mol. The molecule has 1 aliphatic heterocycles. The third kappa shape index (κ3) is 5.93. The lowest BCUT2D eigenvalue weighted by Crippen LogP contribution is -2.34. The fraction of sp³-hybridized carbons (Fsp3) is 0.125. The third-order valence-electron chi connectivity index (χ3n) is 6.75. The fourth-order valence-corrected chi connectivity index (χ4v) is 4.84. The summed E-state index contributed by atoms with van der Waals surface area (Å²) in [6.07, 6.45) is 1.87. The Labute approximate surface area is 234 Å². The van der Waals surface area contributed by atoms with Crippen molar-refractivity contribution in [3.05, 3.63) is 126 Å². The number of carbonyl (C=O) groups excluding carboxylic acids is 2. The molecule has 7 heteroatoms. The van der Waals surface area contributed by atoms with Crippen LogP contribution in [0, 0.1) is 5.41 Å². The quantitative estimate of drug-likeness (QED) is 0.160. The summed E-state index contributed by atoms with van der Waals surface area (Å²) >= 11 is 0. The van der Waals surface area contributed by atoms with E-state index in [0.29, 0.717) is 30.5 Å². The van der Waals surface area contributed by atoms with Crippen molar-refractivity contribution in [2.45, 2.75) is 25.7 Å². The van der Waals surface area contributed by atoms with E-state index in [1.165, 1.54) is 4.90 Å². The summed E-state index contributed by atoms with van der Waals surface area (Å²) < 4.78 is 0. The standard InChI is InChI=1S/C32H28N4O2.ClH/c33-32(34)24-14-11-23(12-15-24)13-20-31(38)36-29(22-37)17-16-25-21-28(18-19-30(25)36)35(26-7-3-1-4-8-26)27-9-5-2-6-10-27;/h1-12,14-15,18-19,21H,13,16-17,20H2,(H3,33,34);1H. The van der Waals surface area contributed by atoms with Gasteiger partial charge in [0.25, 0.3) is 0 Å². The van der Waals surface area contributed by atoms with Gasteiger partial charge in [0, 0.05) is 35.5 Å². The van der Waals surface area contributed by atoms with Gasteiger partial charge in [0.05, 0.1) is 5.69 Å². The minimum Gasteiger partial charge on any atom is -0.384 e. The number of anilines is 4. The van der Waals surface area contributed by atoms with Gasteiger partial charge in [-0.1, -0.05) is 60.7 Å². The van der Waals surface area contributed by atoms with Crippen molar-refractivity contribution >= 4 is 52.8 Å². The zero-order valence-electron chi connectivity index (χ0n) is 21.3. The van der Waals surface area contributed by atoms with Gasteiger partial charge < -0.3 is 10.6 Å². The number of allylic oxidation sites excluding steroid dienone is 1. The average Bonchev–Trinajstić information content (AvgIpc) is 2.96. The molecule has 0 saturated carbocycles. The fourth-order valence-electron chi connectivity index (χ4n) is 4.84. The highest BCUT2D eigenvalue weighted by Gasteiger charge is 2.28. The largest absolute Gasteiger partial charge is 0.384 e. The number of nitrogens with one attached hydrogen (secondary N) is 1. The summed E-state index contributed by atoms with van der Waals surface area (Å²) in [5.41, 5.74) is 12.3. The molecule has 0 fully saturated rings. The summed E-state index contributed by atoms with van der Waals surface area (Å²) in [7, 11) is 0. The monoisotopic (exact) mass is 536 g/mol. The molecule has 0 atom stereocenters. The summed E-state index contributed by atoms with van der Waals surface area (Å²) in [5.74, 6) is 1.87. The number of carbonyl (C=O) groups is 1. The van der Waals surface area contributed by atoms with Crippen molar-refractivity contribution < 1.29 is 9.59 Å². The van der Waals surface area contributed by atoms with Crippen LogP contribution in [0.15, 0.2) is 109 Å². The van der Waals surface area contributed by atoms with Crippen molar-refractivity contribution in [2.75, 3.05) is 9.80 Å². The molecule has 0 bridgehead atoms. The van der Waals surface area contributed by atoms with Crippen molar-refractivity contribution in [2.24, 2.45) is 5.73 Å². The van der Waals surface area contributed by atoms with Crippen LogP contribution in [0.1, 0.15) is 29.5 Å². The molecular weight excluding hydrogens is 508 g/mol. The van der Waals surface area contributed by atoms with Crippen LogP contribution < -0.4 is 15.5 Å². The van der Waals surface area contributed by atoms with Gasteiger partial charge in [-0.2, -0.15) is 0 Å². The number of fused-ring (bicyclic) bond motifs is 1. The minimum atomic E-state index is -0.143. The second-order valence-corrected chi connectivity index (χ2v) is 9.21. The number of para-hydroxylation sites is 2. The molecule has 1 amide bonds. The number of rotatable bonds is 7. The Balaban J connectivity index is 0.00000353. The Morgan fingerprint density at radius 3 is 2.03 bits per heavy atom. The maximum absolute atomic E-state index is 13.4. The normalized spacial score (nSPS) is 12.1. The highest BCUT2D eigenvalue weighted by atomic mass is 35.5. The van der Waals surface area contributed by atoms with Crippen LogP contribution in [0.25, 0.3) is 0 Å². The Morgan fingerprint density at radius 1 is 0.846 bits per heavy atom. The topological polar surface area (TPSA) is 90.5 Å². The number of nitrogen functional groups attached to an aromatic ring is 1. The van der Waals surface area contributed by atoms with Crippen LogP contribution >= 0.6 is 12.4 Å². The smallest absolute Gasteiger partial charge is 0.232 e. The maximum Gasteiger partial charge on any atom is 0.232 e. The van der Waals surface area contributed by atoms with Gasteiger partial charge in [0.2, 0.25) is 5.91 Å². The van der Waals surface area contributed by atoms with Gasteiger partial charge in [-0.3, -0.25) is 15.1 Å². The van der Waals surface area contributed by atoms with Crippen LogP contribution in [0.3, 0.4) is 0 Å². The van der Waals surface area contributed by atoms with Gasteiger partial charge in [0.1, 0.15) is 17.5 Å². The molecule has 4 aromatic rings. The highest BCUT2D eigenvalue weighted by Crippen LogP contribution is 2.39. The third-order valence-corrected chi connectivity index (χ3v) is 6.75. The van der Waals surface area contributed by atoms with E-state index in [1.807, 2.05) is 66.6 Å². The van der Waals surface area contributed by atoms with Crippen molar-refractivity contribution in [3.8, 4) is 0 Å². The molecule has 5 rings (SSSR count). The van der Waals surface area contributed by atoms with Gasteiger partial charge >= 0.3 is 0 Å². The zero-order valence-corrected chi connectivity index (χ0v) is 22.2. The second-order valence-electron chi connectivity index (χ2n) is 9.21. The number of hydrogen-bond acceptors (Lipinski definition) is 4. The van der Waals surface area contributed by atoms with Crippen LogP contribution in [0.2, 0.25) is 0 Å². The van der Waals surface area contributed by atoms with Crippen LogP contribution in [-0.2, 0) is 22.4 Å². The van der Waals surface area contributed by atoms with Crippen LogP contribution in [0.5, 0.6) is 0 Å². The van der Waals surface area contributed by atoms with Gasteiger partial charge in [-0.25, -0.2) is 4.79 Å². The van der Waals surface area contributed by atoms with Crippen LogP contribution in [-0.4, -0.2) is 17.7 Å². The summed E-state index contributed by atoms with van der Waals surface area (Å²) in [6, 6.07) is 33.6. The average molecular weight is 537 g/mol. The second kappa shape index (κ2) is 12.3. The van der Waals surface area contributed by atoms with Gasteiger partial charge in [0.15, 0.2) is 0 Å². The van der Waals surface area contributed by atoms with E-state index in [4.69, 9.17) is 11.1 Å². The number of hydrogen-bond donors (Lipinski definition) is 2. The number of amides is 1. The van der Waals surface area contributed by atoms with Gasteiger partial charge in [-0.15, -0.1) is 12.4 Å². The molecule has 39 heavy (non-hydrogen) atoms. The lowest BCUT2D eigenvalue weighted by atomic mass is 9.97. The SMILES string of the molecule is Cl.N=C(N)c1ccc(CCC(=O)N2C(=C=O)CCc3cc(N(c4ccccc4)c4ccccc4)ccc32)cc1. The maximum atomic E-state index is 13.4. The van der Waals surface area contributed by atoms with E-state index in [0.717, 1.165) is 33.9 Å². The zero-order chi connectivity index (χ0) is 26.5. The molecule has 0 aliphatic carbocycles. The lowest BCUT2D eigenvalue weighted by Gasteiger charge is -2.32. The van der Waals surface area contributed by atoms with E-state index in [9.17, 15) is 9.59 Å². The molecule has 6 nitrogen and oxygen atoms in total. The highest BCUT2D eigenvalue weighted by molar-refractivity contribution is 6.00. The molecular formula is C32H29ClN4O2. The Kier molecular flexibility index (Phi) is 8.62. The molecule has 3 N–H and O–H groups in total. The Morgan fingerprint density at radius 2 is 1.46 bits per heavy atom. The first-order valence-electron chi connectivity index (χ1n) is 12.6. The molecule has 0 aromatic heterocycles. The number of benzene rings is 4. The van der Waals surface area contributed by atoms with E-state index in [2.05, 4.69) is 35.2 Å². The van der Waals surface area contributed by atoms with E-state index >= 15 is 0 Å². The van der Waals surface area contributed by atoms with Crippen molar-refractivity contribution in [1.29, 1.82) is 5.41 Å². The van der Waals surface area contributed by atoms with E-state index in [1.54, 1.807) is 12.1 Å². The van der Waals surface area contributed by atoms with Gasteiger partial charge in [-0.05, 0) is 66.4 Å². The number of aryl methyl sites for hydroxylation is 2. The van der Waals surface area contributed by atoms with E-state index < -0.39 is 0 Å². The molecule has 196 valence electrons. The molecule has 1 aliphatic rings. The molecule has 0 radical (unpaired) electrons. The van der Waals surface area contributed by atoms with Crippen LogP contribution in [0.4, 0.5) is 22.7 Å². The first kappa shape index (κ1) is 27.4. The molecule has 4 aromatic carbocycles. The number of nitrogens with two attached hydrogens (primary N) is 1. The summed E-state index contributed by atoms with van der Waals surface area (Å²) in [4.78, 5) is 28.9. The van der Waals surface area contributed by atoms with Crippen molar-refractivity contribution in [1.82, 2.24) is 0 Å². The molecule has 0 spiro atoms. The predicted octanol–water partition coefficient (Wildman–Crippen LogP) is 6.49. The lowest BCUT2D eigenvalue weighted by molar-refractivity contribution is -0.118. The van der Waals surface area contributed by atoms with Crippen molar-refractivity contribution in [3.63, 3.8) is 0 Å². The number of amidine groups is 1.